The second-order valence-electron chi connectivity index (χ2n) is 5.66. The lowest BCUT2D eigenvalue weighted by atomic mass is 10.3. The first-order valence-electron chi connectivity index (χ1n) is 8.48. The summed E-state index contributed by atoms with van der Waals surface area (Å²) in [5.74, 6) is -0.102. The van der Waals surface area contributed by atoms with E-state index in [1.807, 2.05) is 30.3 Å². The van der Waals surface area contributed by atoms with Crippen molar-refractivity contribution >= 4 is 45.8 Å². The van der Waals surface area contributed by atoms with Gasteiger partial charge in [-0.2, -0.15) is 0 Å². The fourth-order valence-electron chi connectivity index (χ4n) is 2.33. The van der Waals surface area contributed by atoms with Crippen molar-refractivity contribution in [2.45, 2.75) is 26.7 Å². The zero-order chi connectivity index (χ0) is 18.9. The van der Waals surface area contributed by atoms with Gasteiger partial charge in [0.25, 0.3) is 5.91 Å². The number of carbonyl (C=O) groups excluding carboxylic acids is 2. The van der Waals surface area contributed by atoms with Gasteiger partial charge in [0.2, 0.25) is 5.91 Å². The van der Waals surface area contributed by atoms with Crippen LogP contribution < -0.4 is 4.90 Å². The molecule has 1 aromatic rings. The van der Waals surface area contributed by atoms with Gasteiger partial charge in [-0.1, -0.05) is 67.7 Å². The van der Waals surface area contributed by atoms with Gasteiger partial charge < -0.3 is 0 Å². The van der Waals surface area contributed by atoms with E-state index in [4.69, 9.17) is 12.2 Å². The zero-order valence-electron chi connectivity index (χ0n) is 14.9. The number of rotatable bonds is 7. The van der Waals surface area contributed by atoms with Crippen LogP contribution in [0, 0.1) is 0 Å². The standard InChI is InChI=1S/C20H22N2O2S2/c1-3-4-14-22-19(24)18(26-20(22)25)13-9-6-10-15-21(16(2)23)17-11-7-5-8-12-17/h5-13,15H,3-4,14H2,1-2H3/b9-6+,15-10+,18-13-. The number of benzene rings is 1. The second-order valence-corrected chi connectivity index (χ2v) is 7.34. The Hall–Kier alpha value is -2.18. The van der Waals surface area contributed by atoms with Gasteiger partial charge in [-0.15, -0.1) is 0 Å². The van der Waals surface area contributed by atoms with Crippen molar-refractivity contribution in [3.05, 3.63) is 65.7 Å². The van der Waals surface area contributed by atoms with E-state index in [1.54, 1.807) is 40.3 Å². The van der Waals surface area contributed by atoms with Gasteiger partial charge >= 0.3 is 0 Å². The van der Waals surface area contributed by atoms with E-state index in [0.29, 0.717) is 15.8 Å². The van der Waals surface area contributed by atoms with Crippen molar-refractivity contribution < 1.29 is 9.59 Å². The topological polar surface area (TPSA) is 40.6 Å². The molecule has 0 saturated carbocycles. The zero-order valence-corrected chi connectivity index (χ0v) is 16.6. The first kappa shape index (κ1) is 20.1. The number of carbonyl (C=O) groups is 2. The summed E-state index contributed by atoms with van der Waals surface area (Å²) in [4.78, 5) is 28.0. The van der Waals surface area contributed by atoms with Crippen LogP contribution in [0.15, 0.2) is 65.7 Å². The number of para-hydroxylation sites is 1. The highest BCUT2D eigenvalue weighted by Gasteiger charge is 2.30. The number of hydrogen-bond acceptors (Lipinski definition) is 4. The van der Waals surface area contributed by atoms with E-state index in [-0.39, 0.29) is 11.8 Å². The number of anilines is 1. The first-order chi connectivity index (χ1) is 12.5. The lowest BCUT2D eigenvalue weighted by Gasteiger charge is -2.15. The normalized spacial score (nSPS) is 16.4. The lowest BCUT2D eigenvalue weighted by Crippen LogP contribution is -2.28. The Morgan fingerprint density at radius 2 is 1.96 bits per heavy atom. The molecule has 1 aliphatic rings. The molecule has 0 radical (unpaired) electrons. The summed E-state index contributed by atoms with van der Waals surface area (Å²) in [5.41, 5.74) is 0.807. The maximum Gasteiger partial charge on any atom is 0.266 e. The molecule has 2 rings (SSSR count). The average Bonchev–Trinajstić information content (AvgIpc) is 2.90. The molecule has 26 heavy (non-hydrogen) atoms. The highest BCUT2D eigenvalue weighted by atomic mass is 32.2. The summed E-state index contributed by atoms with van der Waals surface area (Å²) >= 11 is 6.60. The van der Waals surface area contributed by atoms with E-state index >= 15 is 0 Å². The molecule has 6 heteroatoms. The number of thioether (sulfide) groups is 1. The molecule has 4 nitrogen and oxygen atoms in total. The van der Waals surface area contributed by atoms with E-state index in [1.165, 1.54) is 18.7 Å². The molecule has 0 spiro atoms. The second kappa shape index (κ2) is 10.1. The van der Waals surface area contributed by atoms with Crippen LogP contribution >= 0.6 is 24.0 Å². The van der Waals surface area contributed by atoms with E-state index < -0.39 is 0 Å². The Kier molecular flexibility index (Phi) is 7.81. The Morgan fingerprint density at radius 3 is 2.62 bits per heavy atom. The van der Waals surface area contributed by atoms with Gasteiger partial charge in [-0.05, 0) is 30.7 Å². The first-order valence-corrected chi connectivity index (χ1v) is 9.70. The van der Waals surface area contributed by atoms with Crippen molar-refractivity contribution in [1.29, 1.82) is 0 Å². The third-order valence-electron chi connectivity index (χ3n) is 3.69. The highest BCUT2D eigenvalue weighted by molar-refractivity contribution is 8.26. The number of nitrogens with zero attached hydrogens (tertiary/aromatic N) is 2. The molecule has 1 heterocycles. The minimum absolute atomic E-state index is 0.0308. The quantitative estimate of drug-likeness (QED) is 0.388. The van der Waals surface area contributed by atoms with Crippen LogP contribution in [0.3, 0.4) is 0 Å². The Morgan fingerprint density at radius 1 is 1.23 bits per heavy atom. The van der Waals surface area contributed by atoms with Crippen LogP contribution in [0.2, 0.25) is 0 Å². The van der Waals surface area contributed by atoms with E-state index in [0.717, 1.165) is 18.5 Å². The summed E-state index contributed by atoms with van der Waals surface area (Å²) < 4.78 is 0.616. The number of thiocarbonyl (C=S) groups is 1. The number of unbranched alkanes of at least 4 members (excludes halogenated alkanes) is 1. The van der Waals surface area contributed by atoms with Gasteiger partial charge in [-0.3, -0.25) is 19.4 Å². The van der Waals surface area contributed by atoms with Crippen molar-refractivity contribution in [3.8, 4) is 0 Å². The van der Waals surface area contributed by atoms with Gasteiger partial charge in [0.15, 0.2) is 0 Å². The van der Waals surface area contributed by atoms with E-state index in [9.17, 15) is 9.59 Å². The predicted octanol–water partition coefficient (Wildman–Crippen LogP) is 4.65. The summed E-state index contributed by atoms with van der Waals surface area (Å²) in [5, 5.41) is 0. The van der Waals surface area contributed by atoms with Crippen molar-refractivity contribution in [2.75, 3.05) is 11.4 Å². The minimum Gasteiger partial charge on any atom is -0.293 e. The molecule has 1 aromatic carbocycles. The lowest BCUT2D eigenvalue weighted by molar-refractivity contribution is -0.122. The molecule has 1 fully saturated rings. The van der Waals surface area contributed by atoms with Gasteiger partial charge in [-0.25, -0.2) is 0 Å². The average molecular weight is 387 g/mol. The predicted molar refractivity (Wildman–Crippen MR) is 113 cm³/mol. The fourth-order valence-corrected chi connectivity index (χ4v) is 3.59. The summed E-state index contributed by atoms with van der Waals surface area (Å²) in [6, 6.07) is 9.42. The summed E-state index contributed by atoms with van der Waals surface area (Å²) in [7, 11) is 0. The third-order valence-corrected chi connectivity index (χ3v) is 5.08. The van der Waals surface area contributed by atoms with Crippen LogP contribution in [-0.2, 0) is 9.59 Å². The third kappa shape index (κ3) is 5.41. The van der Waals surface area contributed by atoms with Crippen LogP contribution in [-0.4, -0.2) is 27.6 Å². The Labute approximate surface area is 164 Å². The summed E-state index contributed by atoms with van der Waals surface area (Å²) in [6.07, 6.45) is 10.8. The number of allylic oxidation sites excluding steroid dienone is 4. The number of amides is 2. The molecule has 0 bridgehead atoms. The summed E-state index contributed by atoms with van der Waals surface area (Å²) in [6.45, 7) is 4.28. The molecule has 136 valence electrons. The largest absolute Gasteiger partial charge is 0.293 e. The molecule has 0 aromatic heterocycles. The molecule has 0 aliphatic carbocycles. The number of hydrogen-bond donors (Lipinski definition) is 0. The van der Waals surface area contributed by atoms with Crippen molar-refractivity contribution in [2.24, 2.45) is 0 Å². The molecule has 0 atom stereocenters. The Bertz CT molecular complexity index is 754. The van der Waals surface area contributed by atoms with Crippen LogP contribution in [0.5, 0.6) is 0 Å². The van der Waals surface area contributed by atoms with Crippen molar-refractivity contribution in [1.82, 2.24) is 4.90 Å². The molecule has 0 N–H and O–H groups in total. The fraction of sp³-hybridized carbons (Fsp3) is 0.250. The molecule has 0 unspecified atom stereocenters. The minimum atomic E-state index is -0.0716. The maximum atomic E-state index is 12.3. The Balaban J connectivity index is 2.00. The van der Waals surface area contributed by atoms with Crippen molar-refractivity contribution in [3.63, 3.8) is 0 Å². The molecule has 1 aliphatic heterocycles. The van der Waals surface area contributed by atoms with Crippen LogP contribution in [0.4, 0.5) is 5.69 Å². The SMILES string of the molecule is CCCCN1C(=O)/C(=C/C=C/C=C/N(C(C)=O)c2ccccc2)SC1=S. The van der Waals surface area contributed by atoms with Gasteiger partial charge in [0, 0.05) is 25.4 Å². The van der Waals surface area contributed by atoms with Gasteiger partial charge in [0.05, 0.1) is 4.91 Å². The monoisotopic (exact) mass is 386 g/mol. The smallest absolute Gasteiger partial charge is 0.266 e. The van der Waals surface area contributed by atoms with Crippen LogP contribution in [0.25, 0.3) is 0 Å². The van der Waals surface area contributed by atoms with Gasteiger partial charge in [0.1, 0.15) is 4.32 Å². The molecular weight excluding hydrogens is 364 g/mol. The maximum absolute atomic E-state index is 12.3. The van der Waals surface area contributed by atoms with E-state index in [2.05, 4.69) is 6.92 Å². The molecular formula is C20H22N2O2S2. The molecule has 1 saturated heterocycles. The highest BCUT2D eigenvalue weighted by Crippen LogP contribution is 2.31. The van der Waals surface area contributed by atoms with Crippen LogP contribution in [0.1, 0.15) is 26.7 Å². The molecule has 2 amide bonds.